The molecule has 0 aliphatic carbocycles. The summed E-state index contributed by atoms with van der Waals surface area (Å²) >= 11 is 3.35. The maximum absolute atomic E-state index is 12.9. The van der Waals surface area contributed by atoms with Gasteiger partial charge in [-0.25, -0.2) is 9.36 Å². The number of amidine groups is 1. The van der Waals surface area contributed by atoms with Crippen LogP contribution in [0.4, 0.5) is 5.69 Å². The van der Waals surface area contributed by atoms with E-state index in [1.807, 2.05) is 42.5 Å². The summed E-state index contributed by atoms with van der Waals surface area (Å²) in [5.74, 6) is 0.211. The third kappa shape index (κ3) is 4.94. The van der Waals surface area contributed by atoms with E-state index in [2.05, 4.69) is 31.2 Å². The summed E-state index contributed by atoms with van der Waals surface area (Å²) in [6.07, 6.45) is 0. The summed E-state index contributed by atoms with van der Waals surface area (Å²) < 4.78 is 7.22. The fourth-order valence-corrected chi connectivity index (χ4v) is 3.67. The predicted octanol–water partition coefficient (Wildman–Crippen LogP) is 4.06. The maximum atomic E-state index is 12.9. The normalized spacial score (nSPS) is 11.3. The van der Waals surface area contributed by atoms with Crippen LogP contribution in [0.5, 0.6) is 11.6 Å². The Morgan fingerprint density at radius 3 is 2.41 bits per heavy atom. The van der Waals surface area contributed by atoms with E-state index in [-0.39, 0.29) is 17.9 Å². The molecule has 0 saturated carbocycles. The van der Waals surface area contributed by atoms with Crippen LogP contribution < -0.4 is 21.3 Å². The van der Waals surface area contributed by atoms with Gasteiger partial charge in [-0.3, -0.25) is 14.8 Å². The van der Waals surface area contributed by atoms with Crippen LogP contribution >= 0.6 is 15.9 Å². The molecule has 0 radical (unpaired) electrons. The molecule has 1 heterocycles. The molecule has 0 amide bonds. The molecule has 34 heavy (non-hydrogen) atoms. The molecule has 0 aliphatic heterocycles. The first-order valence-corrected chi connectivity index (χ1v) is 11.1. The van der Waals surface area contributed by atoms with Crippen molar-refractivity contribution in [3.05, 3.63) is 115 Å². The van der Waals surface area contributed by atoms with E-state index < -0.39 is 17.1 Å². The van der Waals surface area contributed by atoms with E-state index >= 15 is 0 Å². The van der Waals surface area contributed by atoms with Crippen molar-refractivity contribution in [2.75, 3.05) is 12.4 Å². The molecular weight excluding hydrogens is 500 g/mol. The second-order valence-corrected chi connectivity index (χ2v) is 8.15. The highest BCUT2D eigenvalue weighted by Gasteiger charge is 2.21. The summed E-state index contributed by atoms with van der Waals surface area (Å²) in [4.78, 5) is 32.4. The first-order chi connectivity index (χ1) is 16.5. The Hall–Kier alpha value is -4.11. The minimum absolute atomic E-state index is 0.0988. The van der Waals surface area contributed by atoms with Crippen molar-refractivity contribution in [1.29, 1.82) is 0 Å². The summed E-state index contributed by atoms with van der Waals surface area (Å²) in [5.41, 5.74) is 0.125. The maximum Gasteiger partial charge on any atom is 0.335 e. The molecular formula is C25H21BrN4O4. The van der Waals surface area contributed by atoms with Crippen molar-refractivity contribution >= 4 is 27.5 Å². The van der Waals surface area contributed by atoms with Crippen LogP contribution in [0.25, 0.3) is 5.69 Å². The molecule has 3 aromatic carbocycles. The van der Waals surface area contributed by atoms with Crippen LogP contribution in [0.3, 0.4) is 0 Å². The van der Waals surface area contributed by atoms with E-state index in [1.54, 1.807) is 43.5 Å². The van der Waals surface area contributed by atoms with Gasteiger partial charge in [0.05, 0.1) is 19.3 Å². The Morgan fingerprint density at radius 2 is 1.71 bits per heavy atom. The zero-order valence-corrected chi connectivity index (χ0v) is 19.7. The van der Waals surface area contributed by atoms with Crippen LogP contribution in [0.2, 0.25) is 0 Å². The third-order valence-electron chi connectivity index (χ3n) is 5.04. The molecule has 9 heteroatoms. The van der Waals surface area contributed by atoms with Gasteiger partial charge in [0.15, 0.2) is 0 Å². The van der Waals surface area contributed by atoms with Gasteiger partial charge in [-0.2, -0.15) is 0 Å². The Bertz CT molecular complexity index is 1440. The van der Waals surface area contributed by atoms with Crippen molar-refractivity contribution in [1.82, 2.24) is 9.55 Å². The zero-order chi connectivity index (χ0) is 24.1. The number of aromatic hydroxyl groups is 1. The van der Waals surface area contributed by atoms with Crippen molar-refractivity contribution in [2.45, 2.75) is 6.54 Å². The topological polar surface area (TPSA) is 109 Å². The quantitative estimate of drug-likeness (QED) is 0.262. The number of aromatic nitrogens is 2. The lowest BCUT2D eigenvalue weighted by molar-refractivity contribution is 0.410. The van der Waals surface area contributed by atoms with Crippen LogP contribution in [0.1, 0.15) is 11.1 Å². The minimum Gasteiger partial charge on any atom is -0.496 e. The number of nitrogens with one attached hydrogen (secondary N) is 2. The lowest BCUT2D eigenvalue weighted by Gasteiger charge is -2.15. The average molecular weight is 521 g/mol. The van der Waals surface area contributed by atoms with E-state index in [0.717, 1.165) is 14.6 Å². The first kappa shape index (κ1) is 23.1. The summed E-state index contributed by atoms with van der Waals surface area (Å²) in [6, 6.07) is 23.2. The van der Waals surface area contributed by atoms with Gasteiger partial charge in [0, 0.05) is 15.7 Å². The van der Waals surface area contributed by atoms with Crippen LogP contribution in [-0.4, -0.2) is 27.6 Å². The number of anilines is 1. The number of aliphatic imine (C=N–C) groups is 1. The summed E-state index contributed by atoms with van der Waals surface area (Å²) in [7, 11) is 1.57. The van der Waals surface area contributed by atoms with Gasteiger partial charge in [-0.1, -0.05) is 52.3 Å². The number of nitrogens with zero attached hydrogens (tertiary/aromatic N) is 2. The number of H-pyrrole nitrogens is 1. The first-order valence-electron chi connectivity index (χ1n) is 10.3. The number of rotatable bonds is 6. The van der Waals surface area contributed by atoms with Crippen molar-refractivity contribution in [2.24, 2.45) is 4.99 Å². The van der Waals surface area contributed by atoms with Gasteiger partial charge in [-0.05, 0) is 42.5 Å². The molecule has 8 nitrogen and oxygen atoms in total. The molecule has 4 aromatic rings. The predicted molar refractivity (Wildman–Crippen MR) is 135 cm³/mol. The van der Waals surface area contributed by atoms with E-state index in [1.165, 1.54) is 0 Å². The van der Waals surface area contributed by atoms with Crippen molar-refractivity contribution in [3.63, 3.8) is 0 Å². The highest BCUT2D eigenvalue weighted by Crippen LogP contribution is 2.22. The Balaban J connectivity index is 1.87. The molecule has 0 spiro atoms. The summed E-state index contributed by atoms with van der Waals surface area (Å²) in [5, 5.41) is 14.2. The van der Waals surface area contributed by atoms with Gasteiger partial charge < -0.3 is 15.2 Å². The molecule has 1 aromatic heterocycles. The SMILES string of the molecule is COc1ccccc1CN=C(Nc1ccccc1)c1c(O)n(-c2ccc(Br)cc2)c(=O)[nH]c1=O. The fourth-order valence-electron chi connectivity index (χ4n) is 3.41. The van der Waals surface area contributed by atoms with Gasteiger partial charge in [-0.15, -0.1) is 0 Å². The highest BCUT2D eigenvalue weighted by molar-refractivity contribution is 9.10. The monoisotopic (exact) mass is 520 g/mol. The number of halogens is 1. The number of benzene rings is 3. The largest absolute Gasteiger partial charge is 0.496 e. The van der Waals surface area contributed by atoms with E-state index in [9.17, 15) is 14.7 Å². The molecule has 0 unspecified atom stereocenters. The second kappa shape index (κ2) is 10.2. The Labute approximate surface area is 203 Å². The van der Waals surface area contributed by atoms with Crippen LogP contribution in [0, 0.1) is 0 Å². The van der Waals surface area contributed by atoms with Crippen molar-refractivity contribution in [3.8, 4) is 17.3 Å². The number of aromatic amines is 1. The highest BCUT2D eigenvalue weighted by atomic mass is 79.9. The summed E-state index contributed by atoms with van der Waals surface area (Å²) in [6.45, 7) is 0.162. The number of para-hydroxylation sites is 2. The van der Waals surface area contributed by atoms with Crippen LogP contribution in [0.15, 0.2) is 97.9 Å². The number of methoxy groups -OCH3 is 1. The van der Waals surface area contributed by atoms with Gasteiger partial charge >= 0.3 is 5.69 Å². The van der Waals surface area contributed by atoms with Crippen LogP contribution in [-0.2, 0) is 6.54 Å². The average Bonchev–Trinajstić information content (AvgIpc) is 2.84. The van der Waals surface area contributed by atoms with Gasteiger partial charge in [0.2, 0.25) is 5.88 Å². The lowest BCUT2D eigenvalue weighted by Crippen LogP contribution is -2.35. The number of ether oxygens (including phenoxy) is 1. The Morgan fingerprint density at radius 1 is 1.03 bits per heavy atom. The van der Waals surface area contributed by atoms with E-state index in [0.29, 0.717) is 17.1 Å². The molecule has 172 valence electrons. The Kier molecular flexibility index (Phi) is 6.93. The smallest absolute Gasteiger partial charge is 0.335 e. The zero-order valence-electron chi connectivity index (χ0n) is 18.2. The lowest BCUT2D eigenvalue weighted by atomic mass is 10.2. The van der Waals surface area contributed by atoms with Gasteiger partial charge in [0.1, 0.15) is 17.1 Å². The fraction of sp³-hybridized carbons (Fsp3) is 0.0800. The molecule has 3 N–H and O–H groups in total. The molecule has 0 atom stereocenters. The van der Waals surface area contributed by atoms with Gasteiger partial charge in [0.25, 0.3) is 5.56 Å². The molecule has 0 aliphatic rings. The van der Waals surface area contributed by atoms with E-state index in [4.69, 9.17) is 4.74 Å². The standard InChI is InChI=1S/C25H21BrN4O4/c1-34-20-10-6-5-7-16(20)15-27-22(28-18-8-3-2-4-9-18)21-23(31)29-25(33)30(24(21)32)19-13-11-17(26)12-14-19/h2-14,32H,15H2,1H3,(H,27,28)(H,29,31,33). The third-order valence-corrected chi connectivity index (χ3v) is 5.57. The molecule has 0 fully saturated rings. The number of hydrogen-bond donors (Lipinski definition) is 3. The minimum atomic E-state index is -0.766. The second-order valence-electron chi connectivity index (χ2n) is 7.24. The number of hydrogen-bond acceptors (Lipinski definition) is 5. The molecule has 0 bridgehead atoms. The molecule has 4 rings (SSSR count). The van der Waals surface area contributed by atoms with Crippen molar-refractivity contribution < 1.29 is 9.84 Å². The molecule has 0 saturated heterocycles.